The maximum Gasteiger partial charge on any atom is 0.111 e. The predicted molar refractivity (Wildman–Crippen MR) is 85.2 cm³/mol. The van der Waals surface area contributed by atoms with E-state index in [1.807, 2.05) is 36.7 Å². The highest BCUT2D eigenvalue weighted by Crippen LogP contribution is 2.22. The number of rotatable bonds is 4. The van der Waals surface area contributed by atoms with Gasteiger partial charge in [0, 0.05) is 35.7 Å². The van der Waals surface area contributed by atoms with Gasteiger partial charge in [0.25, 0.3) is 0 Å². The molecule has 0 aliphatic carbocycles. The van der Waals surface area contributed by atoms with Crippen LogP contribution in [-0.4, -0.2) is 20.4 Å². The van der Waals surface area contributed by atoms with Crippen molar-refractivity contribution < 1.29 is 0 Å². The van der Waals surface area contributed by atoms with Crippen LogP contribution < -0.4 is 0 Å². The highest BCUT2D eigenvalue weighted by atomic mass is 79.9. The number of hydrogen-bond acceptors (Lipinski definition) is 2. The molecule has 0 N–H and O–H groups in total. The number of imidazole rings is 1. The van der Waals surface area contributed by atoms with Crippen molar-refractivity contribution in [2.45, 2.75) is 13.0 Å². The molecule has 0 unspecified atom stereocenters. The normalized spacial score (nSPS) is 11.1. The van der Waals surface area contributed by atoms with Gasteiger partial charge in [-0.25, -0.2) is 4.98 Å². The van der Waals surface area contributed by atoms with Crippen LogP contribution in [0.2, 0.25) is 0 Å². The summed E-state index contributed by atoms with van der Waals surface area (Å²) >= 11 is 9.42. The average Bonchev–Trinajstić information content (AvgIpc) is 2.78. The summed E-state index contributed by atoms with van der Waals surface area (Å²) in [5.74, 6) is 1.59. The summed E-state index contributed by atoms with van der Waals surface area (Å²) in [6.07, 6.45) is 4.39. The van der Waals surface area contributed by atoms with Crippen LogP contribution in [0.1, 0.15) is 11.4 Å². The Bertz CT molecular complexity index is 725. The van der Waals surface area contributed by atoms with E-state index < -0.39 is 0 Å². The summed E-state index contributed by atoms with van der Waals surface area (Å²) in [7, 11) is 0. The molecule has 0 fully saturated rings. The van der Waals surface area contributed by atoms with E-state index in [2.05, 4.69) is 36.5 Å². The minimum Gasteiger partial charge on any atom is -0.323 e. The van der Waals surface area contributed by atoms with Crippen LogP contribution in [0.25, 0.3) is 11.0 Å². The molecule has 0 aliphatic heterocycles. The van der Waals surface area contributed by atoms with Gasteiger partial charge in [-0.1, -0.05) is 15.9 Å². The highest BCUT2D eigenvalue weighted by molar-refractivity contribution is 9.10. The van der Waals surface area contributed by atoms with E-state index >= 15 is 0 Å². The Morgan fingerprint density at radius 2 is 1.95 bits per heavy atom. The Hall–Kier alpha value is -1.39. The first-order valence-electron chi connectivity index (χ1n) is 6.37. The lowest BCUT2D eigenvalue weighted by atomic mass is 10.2. The molecule has 3 aromatic rings. The first-order valence-corrected chi connectivity index (χ1v) is 7.70. The second-order valence-electron chi connectivity index (χ2n) is 4.54. The first kappa shape index (κ1) is 13.6. The molecule has 0 aliphatic rings. The van der Waals surface area contributed by atoms with Crippen molar-refractivity contribution >= 4 is 38.6 Å². The first-order chi connectivity index (χ1) is 9.78. The molecule has 2 heterocycles. The van der Waals surface area contributed by atoms with Crippen molar-refractivity contribution in [3.05, 3.63) is 58.6 Å². The number of pyridine rings is 1. The molecule has 102 valence electrons. The third kappa shape index (κ3) is 2.72. The van der Waals surface area contributed by atoms with Crippen molar-refractivity contribution in [2.75, 3.05) is 5.88 Å². The van der Waals surface area contributed by atoms with E-state index in [0.29, 0.717) is 5.88 Å². The molecular formula is C15H13BrClN3. The topological polar surface area (TPSA) is 30.7 Å². The Morgan fingerprint density at radius 1 is 1.15 bits per heavy atom. The molecule has 0 atom stereocenters. The Morgan fingerprint density at radius 3 is 2.70 bits per heavy atom. The SMILES string of the molecule is ClCCc1nc2ccc(Br)cc2n1Cc1ccncc1. The van der Waals surface area contributed by atoms with Gasteiger partial charge in [-0.2, -0.15) is 0 Å². The summed E-state index contributed by atoms with van der Waals surface area (Å²) in [6.45, 7) is 0.779. The maximum absolute atomic E-state index is 5.90. The summed E-state index contributed by atoms with van der Waals surface area (Å²) in [6, 6.07) is 10.2. The van der Waals surface area contributed by atoms with E-state index in [1.165, 1.54) is 5.56 Å². The second-order valence-corrected chi connectivity index (χ2v) is 5.84. The number of alkyl halides is 1. The Labute approximate surface area is 130 Å². The lowest BCUT2D eigenvalue weighted by Crippen LogP contribution is -2.06. The van der Waals surface area contributed by atoms with Crippen LogP contribution in [0.3, 0.4) is 0 Å². The third-order valence-electron chi connectivity index (χ3n) is 3.20. The van der Waals surface area contributed by atoms with E-state index in [0.717, 1.165) is 34.3 Å². The zero-order valence-electron chi connectivity index (χ0n) is 10.8. The monoisotopic (exact) mass is 349 g/mol. The van der Waals surface area contributed by atoms with Crippen molar-refractivity contribution in [3.63, 3.8) is 0 Å². The molecule has 2 aromatic heterocycles. The molecule has 0 spiro atoms. The van der Waals surface area contributed by atoms with Crippen molar-refractivity contribution in [1.82, 2.24) is 14.5 Å². The van der Waals surface area contributed by atoms with Crippen molar-refractivity contribution in [2.24, 2.45) is 0 Å². The standard InChI is InChI=1S/C15H13BrClN3/c16-12-1-2-13-14(9-12)20(15(19-13)3-6-17)10-11-4-7-18-8-5-11/h1-2,4-5,7-9H,3,6,10H2. The fourth-order valence-corrected chi connectivity index (χ4v) is 2.79. The van der Waals surface area contributed by atoms with Gasteiger partial charge in [0.2, 0.25) is 0 Å². The van der Waals surface area contributed by atoms with E-state index in [9.17, 15) is 0 Å². The van der Waals surface area contributed by atoms with Gasteiger partial charge in [-0.05, 0) is 35.9 Å². The van der Waals surface area contributed by atoms with Gasteiger partial charge in [0.1, 0.15) is 5.82 Å². The van der Waals surface area contributed by atoms with Crippen LogP contribution in [0.15, 0.2) is 47.2 Å². The van der Waals surface area contributed by atoms with Gasteiger partial charge < -0.3 is 4.57 Å². The number of hydrogen-bond donors (Lipinski definition) is 0. The van der Waals surface area contributed by atoms with Crippen molar-refractivity contribution in [1.29, 1.82) is 0 Å². The van der Waals surface area contributed by atoms with E-state index in [1.54, 1.807) is 0 Å². The average molecular weight is 351 g/mol. The quantitative estimate of drug-likeness (QED) is 0.665. The van der Waals surface area contributed by atoms with Gasteiger partial charge in [-0.3, -0.25) is 4.98 Å². The summed E-state index contributed by atoms with van der Waals surface area (Å²) in [4.78, 5) is 8.74. The molecule has 0 saturated heterocycles. The van der Waals surface area contributed by atoms with Crippen LogP contribution in [0, 0.1) is 0 Å². The van der Waals surface area contributed by atoms with Gasteiger partial charge in [0.15, 0.2) is 0 Å². The smallest absolute Gasteiger partial charge is 0.111 e. The highest BCUT2D eigenvalue weighted by Gasteiger charge is 2.11. The minimum absolute atomic E-state index is 0.570. The third-order valence-corrected chi connectivity index (χ3v) is 3.88. The van der Waals surface area contributed by atoms with E-state index in [4.69, 9.17) is 11.6 Å². The van der Waals surface area contributed by atoms with E-state index in [-0.39, 0.29) is 0 Å². The lowest BCUT2D eigenvalue weighted by Gasteiger charge is -2.08. The fourth-order valence-electron chi connectivity index (χ4n) is 2.27. The fraction of sp³-hybridized carbons (Fsp3) is 0.200. The van der Waals surface area contributed by atoms with Gasteiger partial charge in [0.05, 0.1) is 11.0 Å². The Kier molecular flexibility index (Phi) is 4.03. The molecule has 0 amide bonds. The van der Waals surface area contributed by atoms with Crippen LogP contribution in [0.5, 0.6) is 0 Å². The molecule has 3 nitrogen and oxygen atoms in total. The number of nitrogens with zero attached hydrogens (tertiary/aromatic N) is 3. The van der Waals surface area contributed by atoms with Crippen LogP contribution in [0.4, 0.5) is 0 Å². The largest absolute Gasteiger partial charge is 0.323 e. The number of aromatic nitrogens is 3. The number of fused-ring (bicyclic) bond motifs is 1. The number of aryl methyl sites for hydroxylation is 1. The molecule has 0 radical (unpaired) electrons. The summed E-state index contributed by atoms with van der Waals surface area (Å²) in [5.41, 5.74) is 3.33. The molecular weight excluding hydrogens is 338 g/mol. The number of benzene rings is 1. The summed E-state index contributed by atoms with van der Waals surface area (Å²) in [5, 5.41) is 0. The second kappa shape index (κ2) is 5.94. The zero-order valence-corrected chi connectivity index (χ0v) is 13.1. The molecule has 0 bridgehead atoms. The summed E-state index contributed by atoms with van der Waals surface area (Å²) < 4.78 is 3.27. The molecule has 0 saturated carbocycles. The lowest BCUT2D eigenvalue weighted by molar-refractivity contribution is 0.753. The predicted octanol–water partition coefficient (Wildman–Crippen LogP) is 4.02. The number of halogens is 2. The van der Waals surface area contributed by atoms with Gasteiger partial charge in [-0.15, -0.1) is 11.6 Å². The van der Waals surface area contributed by atoms with Crippen molar-refractivity contribution in [3.8, 4) is 0 Å². The molecule has 1 aromatic carbocycles. The zero-order chi connectivity index (χ0) is 13.9. The van der Waals surface area contributed by atoms with Crippen LogP contribution in [-0.2, 0) is 13.0 Å². The van der Waals surface area contributed by atoms with Gasteiger partial charge >= 0.3 is 0 Å². The minimum atomic E-state index is 0.570. The maximum atomic E-state index is 5.90. The molecule has 20 heavy (non-hydrogen) atoms. The molecule has 3 rings (SSSR count). The molecule has 5 heteroatoms. The Balaban J connectivity index is 2.10. The van der Waals surface area contributed by atoms with Crippen LogP contribution >= 0.6 is 27.5 Å².